The van der Waals surface area contributed by atoms with Crippen LogP contribution in [-0.4, -0.2) is 43.0 Å². The Bertz CT molecular complexity index is 550. The maximum Gasteiger partial charge on any atom is 0.387 e. The number of amides is 2. The second-order valence-corrected chi connectivity index (χ2v) is 5.76. The Balaban J connectivity index is 2.47. The summed E-state index contributed by atoms with van der Waals surface area (Å²) in [7, 11) is 1.58. The van der Waals surface area contributed by atoms with Gasteiger partial charge in [-0.3, -0.25) is 9.59 Å². The van der Waals surface area contributed by atoms with Crippen LogP contribution in [0.2, 0.25) is 0 Å². The molecule has 0 radical (unpaired) electrons. The van der Waals surface area contributed by atoms with Gasteiger partial charge in [0.05, 0.1) is 12.6 Å². The molecule has 3 N–H and O–H groups in total. The van der Waals surface area contributed by atoms with Crippen molar-refractivity contribution in [2.24, 2.45) is 11.7 Å². The average molecular weight is 343 g/mol. The first-order valence-electron chi connectivity index (χ1n) is 7.51. The molecule has 0 aliphatic carbocycles. The fourth-order valence-electron chi connectivity index (χ4n) is 1.86. The quantitative estimate of drug-likeness (QED) is 0.746. The average Bonchev–Trinajstić information content (AvgIpc) is 2.52. The smallest absolute Gasteiger partial charge is 0.387 e. The minimum atomic E-state index is -2.87. The molecule has 134 valence electrons. The normalized spacial score (nSPS) is 12.2. The first-order chi connectivity index (χ1) is 11.2. The number of nitrogens with one attached hydrogen (secondary N) is 1. The molecule has 0 spiro atoms. The number of ether oxygens (including phenoxy) is 1. The number of halogens is 2. The number of likely N-dealkylation sites (N-methyl/N-ethyl adjacent to an activating group) is 1. The van der Waals surface area contributed by atoms with Crippen molar-refractivity contribution >= 4 is 11.8 Å². The number of carbonyl (C=O) groups is 2. The summed E-state index contributed by atoms with van der Waals surface area (Å²) in [6.07, 6.45) is 0. The lowest BCUT2D eigenvalue weighted by atomic mass is 10.1. The Kier molecular flexibility index (Phi) is 7.57. The van der Waals surface area contributed by atoms with Gasteiger partial charge in [-0.2, -0.15) is 8.78 Å². The first kappa shape index (κ1) is 19.8. The van der Waals surface area contributed by atoms with Crippen molar-refractivity contribution in [2.45, 2.75) is 33.0 Å². The Labute approximate surface area is 139 Å². The number of alkyl halides is 2. The number of carbonyl (C=O) groups excluding carboxylic acids is 2. The van der Waals surface area contributed by atoms with Gasteiger partial charge in [-0.05, 0) is 23.6 Å². The van der Waals surface area contributed by atoms with Crippen LogP contribution in [0.25, 0.3) is 0 Å². The molecule has 0 unspecified atom stereocenters. The van der Waals surface area contributed by atoms with E-state index in [1.165, 1.54) is 17.0 Å². The molecule has 0 bridgehead atoms. The Morgan fingerprint density at radius 2 is 1.83 bits per heavy atom. The monoisotopic (exact) mass is 343 g/mol. The molecule has 0 saturated carbocycles. The number of nitrogens with zero attached hydrogens (tertiary/aromatic N) is 1. The number of rotatable bonds is 8. The second kappa shape index (κ2) is 9.17. The molecule has 1 aromatic rings. The summed E-state index contributed by atoms with van der Waals surface area (Å²) in [6, 6.07) is 5.33. The van der Waals surface area contributed by atoms with E-state index in [1.807, 2.05) is 13.8 Å². The summed E-state index contributed by atoms with van der Waals surface area (Å²) in [5.41, 5.74) is 6.44. The third-order valence-corrected chi connectivity index (χ3v) is 3.43. The van der Waals surface area contributed by atoms with Crippen LogP contribution < -0.4 is 15.8 Å². The predicted molar refractivity (Wildman–Crippen MR) is 85.4 cm³/mol. The van der Waals surface area contributed by atoms with E-state index in [9.17, 15) is 18.4 Å². The molecular formula is C16H23F2N3O3. The van der Waals surface area contributed by atoms with Crippen LogP contribution in [0.3, 0.4) is 0 Å². The zero-order valence-corrected chi connectivity index (χ0v) is 14.0. The van der Waals surface area contributed by atoms with Crippen molar-refractivity contribution < 1.29 is 23.1 Å². The Morgan fingerprint density at radius 3 is 2.33 bits per heavy atom. The SMILES string of the molecule is CC(C)[C@H](N)C(=O)NCC(=O)N(C)Cc1ccc(OC(F)F)cc1. The van der Waals surface area contributed by atoms with Crippen molar-refractivity contribution in [3.8, 4) is 5.75 Å². The van der Waals surface area contributed by atoms with Crippen LogP contribution in [0, 0.1) is 5.92 Å². The second-order valence-electron chi connectivity index (χ2n) is 5.76. The topological polar surface area (TPSA) is 84.7 Å². The summed E-state index contributed by atoms with van der Waals surface area (Å²) in [4.78, 5) is 25.1. The third-order valence-electron chi connectivity index (χ3n) is 3.43. The molecule has 8 heteroatoms. The number of benzene rings is 1. The van der Waals surface area contributed by atoms with Crippen LogP contribution >= 0.6 is 0 Å². The third kappa shape index (κ3) is 6.49. The van der Waals surface area contributed by atoms with E-state index in [-0.39, 0.29) is 36.6 Å². The van der Waals surface area contributed by atoms with Gasteiger partial charge in [0.2, 0.25) is 11.8 Å². The van der Waals surface area contributed by atoms with Gasteiger partial charge in [-0.1, -0.05) is 26.0 Å². The molecule has 0 aliphatic heterocycles. The van der Waals surface area contributed by atoms with Crippen molar-refractivity contribution in [1.29, 1.82) is 0 Å². The van der Waals surface area contributed by atoms with Gasteiger partial charge in [-0.25, -0.2) is 0 Å². The van der Waals surface area contributed by atoms with Gasteiger partial charge in [0, 0.05) is 13.6 Å². The number of hydrogen-bond acceptors (Lipinski definition) is 4. The lowest BCUT2D eigenvalue weighted by Crippen LogP contribution is -2.47. The van der Waals surface area contributed by atoms with E-state index in [0.29, 0.717) is 0 Å². The summed E-state index contributed by atoms with van der Waals surface area (Å²) in [5.74, 6) is -0.628. The van der Waals surface area contributed by atoms with Gasteiger partial charge in [-0.15, -0.1) is 0 Å². The van der Waals surface area contributed by atoms with E-state index in [4.69, 9.17) is 5.73 Å². The van der Waals surface area contributed by atoms with Gasteiger partial charge in [0.15, 0.2) is 0 Å². The van der Waals surface area contributed by atoms with Crippen molar-refractivity contribution in [2.75, 3.05) is 13.6 Å². The fraction of sp³-hybridized carbons (Fsp3) is 0.500. The largest absolute Gasteiger partial charge is 0.435 e. The molecule has 1 rings (SSSR count). The van der Waals surface area contributed by atoms with Gasteiger partial charge < -0.3 is 20.7 Å². The van der Waals surface area contributed by atoms with Crippen LogP contribution in [-0.2, 0) is 16.1 Å². The van der Waals surface area contributed by atoms with Gasteiger partial charge in [0.25, 0.3) is 0 Å². The molecule has 0 aliphatic rings. The molecule has 1 aromatic carbocycles. The van der Waals surface area contributed by atoms with E-state index in [1.54, 1.807) is 19.2 Å². The molecule has 0 heterocycles. The van der Waals surface area contributed by atoms with Crippen LogP contribution in [0.4, 0.5) is 8.78 Å². The van der Waals surface area contributed by atoms with E-state index < -0.39 is 12.7 Å². The number of nitrogens with two attached hydrogens (primary N) is 1. The predicted octanol–water partition coefficient (Wildman–Crippen LogP) is 1.35. The summed E-state index contributed by atoms with van der Waals surface area (Å²) in [6.45, 7) is 0.891. The van der Waals surface area contributed by atoms with Gasteiger partial charge in [0.1, 0.15) is 5.75 Å². The zero-order valence-electron chi connectivity index (χ0n) is 14.0. The van der Waals surface area contributed by atoms with Crippen LogP contribution in [0.15, 0.2) is 24.3 Å². The standard InChI is InChI=1S/C16H23F2N3O3/c1-10(2)14(19)15(23)20-8-13(22)21(3)9-11-4-6-12(7-5-11)24-16(17)18/h4-7,10,14,16H,8-9,19H2,1-3H3,(H,20,23)/t14-/m0/s1. The lowest BCUT2D eigenvalue weighted by Gasteiger charge is -2.19. The minimum Gasteiger partial charge on any atom is -0.435 e. The van der Waals surface area contributed by atoms with Crippen LogP contribution in [0.5, 0.6) is 5.75 Å². The Morgan fingerprint density at radius 1 is 1.25 bits per heavy atom. The van der Waals surface area contributed by atoms with Crippen molar-refractivity contribution in [1.82, 2.24) is 10.2 Å². The van der Waals surface area contributed by atoms with E-state index >= 15 is 0 Å². The molecule has 1 atom stereocenters. The lowest BCUT2D eigenvalue weighted by molar-refractivity contribution is -0.132. The fourth-order valence-corrected chi connectivity index (χ4v) is 1.86. The van der Waals surface area contributed by atoms with Crippen LogP contribution in [0.1, 0.15) is 19.4 Å². The molecule has 0 fully saturated rings. The Hall–Kier alpha value is -2.22. The summed E-state index contributed by atoms with van der Waals surface area (Å²) in [5, 5.41) is 2.50. The van der Waals surface area contributed by atoms with Gasteiger partial charge >= 0.3 is 6.61 Å². The maximum atomic E-state index is 12.1. The van der Waals surface area contributed by atoms with E-state index in [2.05, 4.69) is 10.1 Å². The van der Waals surface area contributed by atoms with Crippen molar-refractivity contribution in [3.63, 3.8) is 0 Å². The highest BCUT2D eigenvalue weighted by molar-refractivity contribution is 5.87. The van der Waals surface area contributed by atoms with Crippen molar-refractivity contribution in [3.05, 3.63) is 29.8 Å². The molecule has 24 heavy (non-hydrogen) atoms. The molecule has 0 saturated heterocycles. The summed E-state index contributed by atoms with van der Waals surface area (Å²) >= 11 is 0. The molecule has 6 nitrogen and oxygen atoms in total. The number of hydrogen-bond donors (Lipinski definition) is 2. The molecule has 2 amide bonds. The zero-order chi connectivity index (χ0) is 18.3. The molecular weight excluding hydrogens is 320 g/mol. The highest BCUT2D eigenvalue weighted by atomic mass is 19.3. The van der Waals surface area contributed by atoms with E-state index in [0.717, 1.165) is 5.56 Å². The first-order valence-corrected chi connectivity index (χ1v) is 7.51. The summed E-state index contributed by atoms with van der Waals surface area (Å²) < 4.78 is 28.4. The maximum absolute atomic E-state index is 12.1. The molecule has 0 aromatic heterocycles. The highest BCUT2D eigenvalue weighted by Gasteiger charge is 2.18. The highest BCUT2D eigenvalue weighted by Crippen LogP contribution is 2.15. The minimum absolute atomic E-state index is 0.0215.